The minimum atomic E-state index is -1.09. The van der Waals surface area contributed by atoms with Crippen LogP contribution < -0.4 is 9.47 Å². The molecule has 1 aromatic carbocycles. The van der Waals surface area contributed by atoms with Crippen molar-refractivity contribution in [1.29, 1.82) is 0 Å². The lowest BCUT2D eigenvalue weighted by atomic mass is 10.1. The van der Waals surface area contributed by atoms with Gasteiger partial charge in [-0.15, -0.1) is 0 Å². The molecular weight excluding hydrogens is 362 g/mol. The van der Waals surface area contributed by atoms with Crippen LogP contribution in [0.15, 0.2) is 24.4 Å². The van der Waals surface area contributed by atoms with Crippen LogP contribution in [-0.4, -0.2) is 52.4 Å². The van der Waals surface area contributed by atoms with E-state index in [1.165, 1.54) is 25.3 Å². The van der Waals surface area contributed by atoms with Gasteiger partial charge in [-0.25, -0.2) is 0 Å². The van der Waals surface area contributed by atoms with Gasteiger partial charge in [-0.05, 0) is 45.4 Å². The van der Waals surface area contributed by atoms with E-state index < -0.39 is 18.4 Å². The summed E-state index contributed by atoms with van der Waals surface area (Å²) in [6.07, 6.45) is 1.49. The summed E-state index contributed by atoms with van der Waals surface area (Å²) in [7, 11) is 3.06. The number of methoxy groups -OCH3 is 2. The number of carboxylic acids is 1. The maximum absolute atomic E-state index is 13.1. The Bertz CT molecular complexity index is 845. The summed E-state index contributed by atoms with van der Waals surface area (Å²) in [5, 5.41) is 13.6. The van der Waals surface area contributed by atoms with Crippen LogP contribution >= 0.6 is 0 Å². The number of aliphatic carboxylic acids is 1. The Morgan fingerprint density at radius 1 is 1.14 bits per heavy atom. The van der Waals surface area contributed by atoms with Crippen molar-refractivity contribution in [3.8, 4) is 11.5 Å². The highest BCUT2D eigenvalue weighted by Crippen LogP contribution is 2.25. The molecule has 0 radical (unpaired) electrons. The van der Waals surface area contributed by atoms with Crippen LogP contribution in [0.1, 0.15) is 42.4 Å². The second kappa shape index (κ2) is 8.33. The SMILES string of the molecule is COc1cc(CN(CC(=O)O)C(=O)c2cnn(C(C)(C)C)c2C)cc(OC)c1. The zero-order valence-electron chi connectivity index (χ0n) is 17.1. The van der Waals surface area contributed by atoms with Crippen LogP contribution in [0.2, 0.25) is 0 Å². The molecular formula is C20H27N3O5. The monoisotopic (exact) mass is 389 g/mol. The van der Waals surface area contributed by atoms with E-state index in [9.17, 15) is 14.7 Å². The summed E-state index contributed by atoms with van der Waals surface area (Å²) in [4.78, 5) is 25.7. The highest BCUT2D eigenvalue weighted by molar-refractivity contribution is 5.96. The smallest absolute Gasteiger partial charge is 0.323 e. The number of carbonyl (C=O) groups excluding carboxylic acids is 1. The molecule has 0 spiro atoms. The fourth-order valence-corrected chi connectivity index (χ4v) is 3.01. The fraction of sp³-hybridized carbons (Fsp3) is 0.450. The Kier molecular flexibility index (Phi) is 6.33. The summed E-state index contributed by atoms with van der Waals surface area (Å²) in [5.74, 6) is -0.358. The predicted molar refractivity (Wildman–Crippen MR) is 104 cm³/mol. The van der Waals surface area contributed by atoms with Gasteiger partial charge in [-0.2, -0.15) is 5.10 Å². The average Bonchev–Trinajstić information content (AvgIpc) is 3.01. The first kappa shape index (κ1) is 21.3. The average molecular weight is 389 g/mol. The van der Waals surface area contributed by atoms with Crippen LogP contribution in [-0.2, 0) is 16.9 Å². The molecule has 1 heterocycles. The van der Waals surface area contributed by atoms with Gasteiger partial charge in [0, 0.05) is 18.3 Å². The number of carboxylic acid groups (broad SMARTS) is 1. The van der Waals surface area contributed by atoms with Crippen molar-refractivity contribution in [2.45, 2.75) is 39.8 Å². The highest BCUT2D eigenvalue weighted by Gasteiger charge is 2.26. The van der Waals surface area contributed by atoms with E-state index in [-0.39, 0.29) is 12.1 Å². The Morgan fingerprint density at radius 2 is 1.71 bits per heavy atom. The zero-order chi connectivity index (χ0) is 21.1. The van der Waals surface area contributed by atoms with Crippen LogP contribution in [0.25, 0.3) is 0 Å². The third-order valence-electron chi connectivity index (χ3n) is 4.27. The summed E-state index contributed by atoms with van der Waals surface area (Å²) < 4.78 is 12.3. The van der Waals surface area contributed by atoms with Gasteiger partial charge in [0.15, 0.2) is 0 Å². The van der Waals surface area contributed by atoms with Gasteiger partial charge in [0.05, 0.1) is 31.5 Å². The van der Waals surface area contributed by atoms with E-state index in [0.29, 0.717) is 28.3 Å². The van der Waals surface area contributed by atoms with E-state index in [2.05, 4.69) is 5.10 Å². The fourth-order valence-electron chi connectivity index (χ4n) is 3.01. The molecule has 152 valence electrons. The molecule has 0 atom stereocenters. The van der Waals surface area contributed by atoms with Crippen molar-refractivity contribution in [1.82, 2.24) is 14.7 Å². The molecule has 1 aromatic heterocycles. The lowest BCUT2D eigenvalue weighted by molar-refractivity contribution is -0.137. The normalized spacial score (nSPS) is 11.2. The zero-order valence-corrected chi connectivity index (χ0v) is 17.1. The van der Waals surface area contributed by atoms with Gasteiger partial charge in [-0.3, -0.25) is 14.3 Å². The second-order valence-electron chi connectivity index (χ2n) is 7.50. The minimum absolute atomic E-state index is 0.0961. The predicted octanol–water partition coefficient (Wildman–Crippen LogP) is 2.69. The Balaban J connectivity index is 2.38. The van der Waals surface area contributed by atoms with Crippen molar-refractivity contribution in [2.24, 2.45) is 0 Å². The van der Waals surface area contributed by atoms with Gasteiger partial charge in [0.1, 0.15) is 18.0 Å². The Morgan fingerprint density at radius 3 is 2.14 bits per heavy atom. The summed E-state index contributed by atoms with van der Waals surface area (Å²) >= 11 is 0. The number of carbonyl (C=O) groups is 2. The van der Waals surface area contributed by atoms with E-state index >= 15 is 0 Å². The number of aromatic nitrogens is 2. The van der Waals surface area contributed by atoms with Crippen molar-refractivity contribution in [3.05, 3.63) is 41.2 Å². The lowest BCUT2D eigenvalue weighted by Gasteiger charge is -2.23. The number of rotatable bonds is 7. The van der Waals surface area contributed by atoms with Gasteiger partial charge in [-0.1, -0.05) is 0 Å². The number of amides is 1. The molecule has 0 saturated heterocycles. The van der Waals surface area contributed by atoms with Crippen LogP contribution in [0.5, 0.6) is 11.5 Å². The standard InChI is InChI=1S/C20H27N3O5/c1-13-17(10-21-23(13)20(2,3)4)19(26)22(12-18(24)25)11-14-7-15(27-5)9-16(8-14)28-6/h7-10H,11-12H2,1-6H3,(H,24,25). The molecule has 0 aliphatic carbocycles. The van der Waals surface area contributed by atoms with Crippen LogP contribution in [0.3, 0.4) is 0 Å². The van der Waals surface area contributed by atoms with Gasteiger partial charge in [0.2, 0.25) is 0 Å². The maximum atomic E-state index is 13.1. The van der Waals surface area contributed by atoms with E-state index in [1.54, 1.807) is 29.8 Å². The van der Waals surface area contributed by atoms with E-state index in [4.69, 9.17) is 9.47 Å². The highest BCUT2D eigenvalue weighted by atomic mass is 16.5. The molecule has 2 rings (SSSR count). The number of hydrogen-bond donors (Lipinski definition) is 1. The Hall–Kier alpha value is -3.03. The number of benzene rings is 1. The van der Waals surface area contributed by atoms with Gasteiger partial charge < -0.3 is 19.5 Å². The number of ether oxygens (including phenoxy) is 2. The molecule has 0 aliphatic rings. The summed E-state index contributed by atoms with van der Waals surface area (Å²) in [6.45, 7) is 7.42. The molecule has 0 fully saturated rings. The molecule has 0 unspecified atom stereocenters. The quantitative estimate of drug-likeness (QED) is 0.782. The number of nitrogens with zero attached hydrogens (tertiary/aromatic N) is 3. The van der Waals surface area contributed by atoms with Crippen molar-refractivity contribution in [3.63, 3.8) is 0 Å². The van der Waals surface area contributed by atoms with Gasteiger partial charge in [0.25, 0.3) is 5.91 Å². The third kappa shape index (κ3) is 4.82. The summed E-state index contributed by atoms with van der Waals surface area (Å²) in [6, 6.07) is 5.20. The van der Waals surface area contributed by atoms with Crippen molar-refractivity contribution in [2.75, 3.05) is 20.8 Å². The molecule has 2 aromatic rings. The first-order chi connectivity index (χ1) is 13.1. The third-order valence-corrected chi connectivity index (χ3v) is 4.27. The molecule has 8 heteroatoms. The molecule has 0 saturated carbocycles. The van der Waals surface area contributed by atoms with Crippen LogP contribution in [0, 0.1) is 6.92 Å². The summed E-state index contributed by atoms with van der Waals surface area (Å²) in [5.41, 5.74) is 1.48. The second-order valence-corrected chi connectivity index (χ2v) is 7.50. The first-order valence-electron chi connectivity index (χ1n) is 8.85. The molecule has 0 aliphatic heterocycles. The van der Waals surface area contributed by atoms with Crippen LogP contribution in [0.4, 0.5) is 0 Å². The topological polar surface area (TPSA) is 93.9 Å². The number of hydrogen-bond acceptors (Lipinski definition) is 5. The lowest BCUT2D eigenvalue weighted by Crippen LogP contribution is -2.35. The van der Waals surface area contributed by atoms with Crippen molar-refractivity contribution < 1.29 is 24.2 Å². The van der Waals surface area contributed by atoms with Gasteiger partial charge >= 0.3 is 5.97 Å². The van der Waals surface area contributed by atoms with E-state index in [0.717, 1.165) is 0 Å². The van der Waals surface area contributed by atoms with E-state index in [1.807, 2.05) is 20.8 Å². The van der Waals surface area contributed by atoms with Crippen molar-refractivity contribution >= 4 is 11.9 Å². The molecule has 0 bridgehead atoms. The largest absolute Gasteiger partial charge is 0.497 e. The minimum Gasteiger partial charge on any atom is -0.497 e. The molecule has 28 heavy (non-hydrogen) atoms. The maximum Gasteiger partial charge on any atom is 0.323 e. The first-order valence-corrected chi connectivity index (χ1v) is 8.85. The molecule has 8 nitrogen and oxygen atoms in total. The molecule has 1 amide bonds. The molecule has 1 N–H and O–H groups in total. The Labute approximate surface area is 164 Å².